The van der Waals surface area contributed by atoms with Crippen molar-refractivity contribution in [3.63, 3.8) is 0 Å². The van der Waals surface area contributed by atoms with Crippen LogP contribution in [0, 0.1) is 5.82 Å². The van der Waals surface area contributed by atoms with E-state index in [1.807, 2.05) is 18.5 Å². The summed E-state index contributed by atoms with van der Waals surface area (Å²) < 4.78 is 64.0. The number of ether oxygens (including phenoxy) is 1. The van der Waals surface area contributed by atoms with Crippen LogP contribution in [0.4, 0.5) is 28.9 Å². The Morgan fingerprint density at radius 3 is 2.71 bits per heavy atom. The van der Waals surface area contributed by atoms with Gasteiger partial charge in [0.25, 0.3) is 0 Å². The molecule has 6 nitrogen and oxygen atoms in total. The maximum absolute atomic E-state index is 14.8. The number of rotatable bonds is 9. The number of nitrogens with one attached hydrogen (secondary N) is 1. The number of aromatic nitrogens is 2. The third kappa shape index (κ3) is 7.98. The van der Waals surface area contributed by atoms with E-state index in [0.29, 0.717) is 18.4 Å². The monoisotopic (exact) mass is 615 g/mol. The summed E-state index contributed by atoms with van der Waals surface area (Å²) in [4.78, 5) is 7.06. The van der Waals surface area contributed by atoms with Crippen molar-refractivity contribution in [1.29, 1.82) is 0 Å². The molecule has 1 unspecified atom stereocenters. The fraction of sp³-hybridized carbons (Fsp3) is 0.233. The van der Waals surface area contributed by atoms with Crippen LogP contribution in [-0.2, 0) is 6.18 Å². The standard InChI is InChI=1S/C30H30F4N5OPS/c1-19(18-42-20(2)22-11-12-36-37-16-22)29(41)38-25-9-10-26(40-24-8-4-7-23(31)14-24)27(30(32,33)34)28(25)39-13-5-6-21(17-39)15-35-3/h4,7-12,14-16,18,35H,2,5-6,13,17,41H2,1,3H3/b19-18+,21-15-,38-29?. The fourth-order valence-electron chi connectivity index (χ4n) is 4.36. The van der Waals surface area contributed by atoms with Crippen molar-refractivity contribution in [2.24, 2.45) is 4.99 Å². The van der Waals surface area contributed by atoms with E-state index < -0.39 is 23.3 Å². The predicted molar refractivity (Wildman–Crippen MR) is 166 cm³/mol. The number of thioether (sulfide) groups is 1. The molecule has 0 aliphatic carbocycles. The Labute approximate surface area is 248 Å². The molecule has 1 aliphatic rings. The summed E-state index contributed by atoms with van der Waals surface area (Å²) >= 11 is 1.35. The number of hydrogen-bond acceptors (Lipinski definition) is 7. The zero-order valence-electron chi connectivity index (χ0n) is 23.1. The molecule has 1 fully saturated rings. The van der Waals surface area contributed by atoms with Gasteiger partial charge in [0.15, 0.2) is 0 Å². The van der Waals surface area contributed by atoms with Gasteiger partial charge in [0.1, 0.15) is 22.9 Å². The highest BCUT2D eigenvalue weighted by Crippen LogP contribution is 2.49. The first kappa shape index (κ1) is 31.3. The lowest BCUT2D eigenvalue weighted by Crippen LogP contribution is -2.33. The van der Waals surface area contributed by atoms with Crippen LogP contribution in [0.1, 0.15) is 30.9 Å². The Morgan fingerprint density at radius 2 is 2.02 bits per heavy atom. The van der Waals surface area contributed by atoms with Gasteiger partial charge in [-0.3, -0.25) is 0 Å². The van der Waals surface area contributed by atoms with Crippen molar-refractivity contribution in [2.45, 2.75) is 25.9 Å². The zero-order valence-corrected chi connectivity index (χ0v) is 25.1. The highest BCUT2D eigenvalue weighted by atomic mass is 32.2. The molecule has 0 bridgehead atoms. The molecule has 220 valence electrons. The van der Waals surface area contributed by atoms with Gasteiger partial charge in [-0.2, -0.15) is 23.4 Å². The first-order chi connectivity index (χ1) is 20.1. The summed E-state index contributed by atoms with van der Waals surface area (Å²) in [5.41, 5.74) is 2.03. The second kappa shape index (κ2) is 14.0. The maximum Gasteiger partial charge on any atom is 0.422 e. The minimum Gasteiger partial charge on any atom is -0.457 e. The van der Waals surface area contributed by atoms with E-state index in [-0.39, 0.29) is 23.7 Å². The van der Waals surface area contributed by atoms with Gasteiger partial charge in [-0.15, -0.1) is 0 Å². The van der Waals surface area contributed by atoms with Crippen LogP contribution in [0.2, 0.25) is 0 Å². The molecule has 0 spiro atoms. The molecule has 1 aliphatic heterocycles. The van der Waals surface area contributed by atoms with E-state index in [0.717, 1.165) is 34.1 Å². The molecule has 0 radical (unpaired) electrons. The Kier molecular flexibility index (Phi) is 10.4. The van der Waals surface area contributed by atoms with Gasteiger partial charge >= 0.3 is 6.18 Å². The minimum atomic E-state index is -4.79. The smallest absolute Gasteiger partial charge is 0.422 e. The van der Waals surface area contributed by atoms with Crippen LogP contribution in [0.5, 0.6) is 11.5 Å². The largest absolute Gasteiger partial charge is 0.457 e. The lowest BCUT2D eigenvalue weighted by molar-refractivity contribution is -0.138. The van der Waals surface area contributed by atoms with Gasteiger partial charge in [-0.1, -0.05) is 33.6 Å². The average molecular weight is 616 g/mol. The van der Waals surface area contributed by atoms with Crippen LogP contribution in [0.3, 0.4) is 0 Å². The molecule has 1 aromatic heterocycles. The van der Waals surface area contributed by atoms with Crippen LogP contribution in [0.15, 0.2) is 89.2 Å². The number of piperidine rings is 1. The number of alkyl halides is 3. The number of aliphatic imine (C=N–C) groups is 1. The van der Waals surface area contributed by atoms with Gasteiger partial charge in [0, 0.05) is 36.7 Å². The number of allylic oxidation sites excluding steroid dienone is 1. The molecule has 0 saturated carbocycles. The first-order valence-electron chi connectivity index (χ1n) is 13.0. The van der Waals surface area contributed by atoms with Crippen molar-refractivity contribution in [1.82, 2.24) is 15.5 Å². The van der Waals surface area contributed by atoms with E-state index >= 15 is 0 Å². The Bertz CT molecular complexity index is 1530. The van der Waals surface area contributed by atoms with Crippen molar-refractivity contribution in [2.75, 3.05) is 25.0 Å². The van der Waals surface area contributed by atoms with Crippen LogP contribution in [-0.4, -0.2) is 35.8 Å². The Balaban J connectivity index is 1.78. The number of hydrogen-bond donors (Lipinski definition) is 1. The quantitative estimate of drug-likeness (QED) is 0.148. The van der Waals surface area contributed by atoms with Gasteiger partial charge in [-0.25, -0.2) is 9.38 Å². The molecule has 42 heavy (non-hydrogen) atoms. The Morgan fingerprint density at radius 1 is 1.21 bits per heavy atom. The van der Waals surface area contributed by atoms with Crippen molar-refractivity contribution in [3.8, 4) is 11.5 Å². The fourth-order valence-corrected chi connectivity index (χ4v) is 5.40. The van der Waals surface area contributed by atoms with Gasteiger partial charge in [0.2, 0.25) is 0 Å². The third-order valence-corrected chi connectivity index (χ3v) is 7.92. The highest BCUT2D eigenvalue weighted by Gasteiger charge is 2.41. The summed E-state index contributed by atoms with van der Waals surface area (Å²) in [7, 11) is 4.26. The summed E-state index contributed by atoms with van der Waals surface area (Å²) in [6.07, 6.45) is 1.62. The zero-order chi connectivity index (χ0) is 30.3. The van der Waals surface area contributed by atoms with E-state index in [1.165, 1.54) is 42.1 Å². The molecule has 1 saturated heterocycles. The SMILES string of the molecule is C=C(S/C=C(\C)C(P)=Nc1ccc(Oc2cccc(F)c2)c(C(F)(F)F)c1N1CCC/C(=C/NC)C1)c1ccnnc1. The van der Waals surface area contributed by atoms with Crippen LogP contribution in [0.25, 0.3) is 4.91 Å². The van der Waals surface area contributed by atoms with Gasteiger partial charge < -0.3 is 15.0 Å². The Hall–Kier alpha value is -3.69. The van der Waals surface area contributed by atoms with Crippen LogP contribution >= 0.6 is 21.0 Å². The topological polar surface area (TPSA) is 62.6 Å². The lowest BCUT2D eigenvalue weighted by Gasteiger charge is -2.34. The van der Waals surface area contributed by atoms with E-state index in [1.54, 1.807) is 30.4 Å². The molecule has 3 aromatic rings. The van der Waals surface area contributed by atoms with E-state index in [9.17, 15) is 17.6 Å². The third-order valence-electron chi connectivity index (χ3n) is 6.34. The summed E-state index contributed by atoms with van der Waals surface area (Å²) in [6.45, 7) is 6.55. The van der Waals surface area contributed by atoms with Crippen molar-refractivity contribution < 1.29 is 22.3 Å². The maximum atomic E-state index is 14.8. The predicted octanol–water partition coefficient (Wildman–Crippen LogP) is 8.34. The number of halogens is 4. The van der Waals surface area contributed by atoms with E-state index in [2.05, 4.69) is 36.3 Å². The average Bonchev–Trinajstić information content (AvgIpc) is 2.96. The second-order valence-electron chi connectivity index (χ2n) is 9.45. The normalized spacial score (nSPS) is 15.6. The summed E-state index contributed by atoms with van der Waals surface area (Å²) in [5.74, 6) is -1.08. The van der Waals surface area contributed by atoms with Gasteiger partial charge in [-0.05, 0) is 72.9 Å². The second-order valence-corrected chi connectivity index (χ2v) is 11.0. The molecule has 2 heterocycles. The molecule has 12 heteroatoms. The highest BCUT2D eigenvalue weighted by molar-refractivity contribution is 8.10. The molecule has 2 aromatic carbocycles. The number of nitrogens with zero attached hydrogens (tertiary/aromatic N) is 4. The molecule has 1 atom stereocenters. The number of benzene rings is 2. The molecule has 4 rings (SSSR count). The van der Waals surface area contributed by atoms with E-state index in [4.69, 9.17) is 4.74 Å². The van der Waals surface area contributed by atoms with Crippen molar-refractivity contribution >= 4 is 42.7 Å². The molecular weight excluding hydrogens is 585 g/mol. The minimum absolute atomic E-state index is 0.0377. The summed E-state index contributed by atoms with van der Waals surface area (Å²) in [5, 5.41) is 12.4. The van der Waals surface area contributed by atoms with Crippen molar-refractivity contribution in [3.05, 3.63) is 101 Å². The lowest BCUT2D eigenvalue weighted by atomic mass is 10.0. The molecule has 1 N–H and O–H groups in total. The first-order valence-corrected chi connectivity index (χ1v) is 14.4. The summed E-state index contributed by atoms with van der Waals surface area (Å²) in [6, 6.07) is 9.55. The molecular formula is C30H30F4N5OPS. The van der Waals surface area contributed by atoms with Crippen LogP contribution < -0.4 is 15.0 Å². The van der Waals surface area contributed by atoms with Gasteiger partial charge in [0.05, 0.1) is 29.2 Å². The number of anilines is 1. The molecule has 0 amide bonds.